The van der Waals surface area contributed by atoms with E-state index in [1.165, 1.54) is 45.1 Å². The van der Waals surface area contributed by atoms with Gasteiger partial charge < -0.3 is 10.1 Å². The van der Waals surface area contributed by atoms with Crippen LogP contribution in [0.15, 0.2) is 0 Å². The van der Waals surface area contributed by atoms with Crippen molar-refractivity contribution < 1.29 is 4.74 Å². The van der Waals surface area contributed by atoms with Crippen molar-refractivity contribution in [2.24, 2.45) is 5.92 Å². The summed E-state index contributed by atoms with van der Waals surface area (Å²) in [5.74, 6) is 0.983. The largest absolute Gasteiger partial charge is 0.379 e. The van der Waals surface area contributed by atoms with Crippen LogP contribution in [0.1, 0.15) is 45.4 Å². The first-order chi connectivity index (χ1) is 8.83. The second kappa shape index (κ2) is 5.89. The first-order valence-corrected chi connectivity index (χ1v) is 7.91. The zero-order chi connectivity index (χ0) is 12.4. The first-order valence-electron chi connectivity index (χ1n) is 7.91. The Hall–Kier alpha value is -0.120. The van der Waals surface area contributed by atoms with Crippen LogP contribution in [0.2, 0.25) is 0 Å². The quantitative estimate of drug-likeness (QED) is 0.814. The topological polar surface area (TPSA) is 24.5 Å². The molecule has 4 unspecified atom stereocenters. The van der Waals surface area contributed by atoms with E-state index in [1.807, 2.05) is 0 Å². The molecule has 0 bridgehead atoms. The van der Waals surface area contributed by atoms with Gasteiger partial charge in [0, 0.05) is 31.2 Å². The van der Waals surface area contributed by atoms with Crippen molar-refractivity contribution in [1.82, 2.24) is 10.2 Å². The molecule has 0 amide bonds. The third-order valence-electron chi connectivity index (χ3n) is 5.20. The predicted octanol–water partition coefficient (Wildman–Crippen LogP) is 2.02. The summed E-state index contributed by atoms with van der Waals surface area (Å²) in [5.41, 5.74) is 0. The SMILES string of the molecule is CC1COCCN1CC1CCC2CCCCC2N1. The number of hydrogen-bond acceptors (Lipinski definition) is 3. The molecular weight excluding hydrogens is 224 g/mol. The second-order valence-corrected chi connectivity index (χ2v) is 6.51. The number of nitrogens with one attached hydrogen (secondary N) is 1. The van der Waals surface area contributed by atoms with Crippen molar-refractivity contribution in [3.63, 3.8) is 0 Å². The normalized spacial score (nSPS) is 42.5. The van der Waals surface area contributed by atoms with E-state index in [9.17, 15) is 0 Å². The molecule has 3 aliphatic rings. The molecule has 3 fully saturated rings. The zero-order valence-corrected chi connectivity index (χ0v) is 11.7. The van der Waals surface area contributed by atoms with Crippen LogP contribution in [0.4, 0.5) is 0 Å². The molecule has 2 heterocycles. The van der Waals surface area contributed by atoms with Crippen LogP contribution in [0.3, 0.4) is 0 Å². The summed E-state index contributed by atoms with van der Waals surface area (Å²) >= 11 is 0. The lowest BCUT2D eigenvalue weighted by Crippen LogP contribution is -2.55. The van der Waals surface area contributed by atoms with Gasteiger partial charge in [-0.1, -0.05) is 12.8 Å². The Morgan fingerprint density at radius 1 is 1.17 bits per heavy atom. The Morgan fingerprint density at radius 2 is 2.06 bits per heavy atom. The molecule has 0 spiro atoms. The minimum atomic E-state index is 0.602. The fourth-order valence-electron chi connectivity index (χ4n) is 4.03. The number of piperidine rings is 1. The molecule has 0 radical (unpaired) electrons. The second-order valence-electron chi connectivity index (χ2n) is 6.51. The molecule has 0 aromatic heterocycles. The maximum Gasteiger partial charge on any atom is 0.0619 e. The van der Waals surface area contributed by atoms with Gasteiger partial charge in [-0.3, -0.25) is 4.90 Å². The lowest BCUT2D eigenvalue weighted by Gasteiger charge is -2.43. The molecule has 1 aliphatic carbocycles. The van der Waals surface area contributed by atoms with E-state index in [0.29, 0.717) is 6.04 Å². The monoisotopic (exact) mass is 252 g/mol. The van der Waals surface area contributed by atoms with Gasteiger partial charge in [-0.05, 0) is 38.5 Å². The maximum absolute atomic E-state index is 5.52. The van der Waals surface area contributed by atoms with Gasteiger partial charge in [0.05, 0.1) is 13.2 Å². The Labute approximate surface area is 111 Å². The number of nitrogens with zero attached hydrogens (tertiary/aromatic N) is 1. The van der Waals surface area contributed by atoms with Crippen molar-refractivity contribution in [2.45, 2.75) is 63.6 Å². The summed E-state index contributed by atoms with van der Waals surface area (Å²) in [6, 6.07) is 2.16. The van der Waals surface area contributed by atoms with E-state index >= 15 is 0 Å². The molecule has 3 nitrogen and oxygen atoms in total. The summed E-state index contributed by atoms with van der Waals surface area (Å²) in [5, 5.41) is 3.94. The average molecular weight is 252 g/mol. The lowest BCUT2D eigenvalue weighted by atomic mass is 9.77. The van der Waals surface area contributed by atoms with E-state index in [0.717, 1.165) is 37.8 Å². The van der Waals surface area contributed by atoms with Gasteiger partial charge in [0.15, 0.2) is 0 Å². The highest BCUT2D eigenvalue weighted by atomic mass is 16.5. The minimum Gasteiger partial charge on any atom is -0.379 e. The molecule has 1 N–H and O–H groups in total. The van der Waals surface area contributed by atoms with E-state index < -0.39 is 0 Å². The van der Waals surface area contributed by atoms with Crippen molar-refractivity contribution >= 4 is 0 Å². The first kappa shape index (κ1) is 12.9. The number of ether oxygens (including phenoxy) is 1. The highest BCUT2D eigenvalue weighted by molar-refractivity contribution is 4.91. The summed E-state index contributed by atoms with van der Waals surface area (Å²) < 4.78 is 5.52. The number of hydrogen-bond donors (Lipinski definition) is 1. The molecule has 2 saturated heterocycles. The van der Waals surface area contributed by atoms with Crippen LogP contribution in [-0.4, -0.2) is 49.3 Å². The van der Waals surface area contributed by atoms with Crippen LogP contribution in [-0.2, 0) is 4.74 Å². The Bertz CT molecular complexity index is 271. The van der Waals surface area contributed by atoms with Crippen LogP contribution in [0.25, 0.3) is 0 Å². The third-order valence-corrected chi connectivity index (χ3v) is 5.20. The van der Waals surface area contributed by atoms with Crippen LogP contribution < -0.4 is 5.32 Å². The molecule has 3 heteroatoms. The van der Waals surface area contributed by atoms with Crippen molar-refractivity contribution in [3.05, 3.63) is 0 Å². The number of morpholine rings is 1. The standard InChI is InChI=1S/C15H28N2O/c1-12-11-18-9-8-17(12)10-14-7-6-13-4-2-3-5-15(13)16-14/h12-16H,2-11H2,1H3. The summed E-state index contributed by atoms with van der Waals surface area (Å²) in [7, 11) is 0. The summed E-state index contributed by atoms with van der Waals surface area (Å²) in [4.78, 5) is 2.62. The highest BCUT2D eigenvalue weighted by Gasteiger charge is 2.33. The fraction of sp³-hybridized carbons (Fsp3) is 1.00. The maximum atomic E-state index is 5.52. The van der Waals surface area contributed by atoms with E-state index in [-0.39, 0.29) is 0 Å². The van der Waals surface area contributed by atoms with Gasteiger partial charge >= 0.3 is 0 Å². The number of fused-ring (bicyclic) bond motifs is 1. The molecule has 2 aliphatic heterocycles. The molecular formula is C15H28N2O. The number of rotatable bonds is 2. The summed E-state index contributed by atoms with van der Waals surface area (Å²) in [6.45, 7) is 6.48. The van der Waals surface area contributed by atoms with Gasteiger partial charge in [0.2, 0.25) is 0 Å². The molecule has 1 saturated carbocycles. The molecule has 0 aromatic rings. The van der Waals surface area contributed by atoms with E-state index in [1.54, 1.807) is 0 Å². The Kier molecular flexibility index (Phi) is 4.22. The minimum absolute atomic E-state index is 0.602. The van der Waals surface area contributed by atoms with Crippen LogP contribution >= 0.6 is 0 Å². The van der Waals surface area contributed by atoms with Crippen LogP contribution in [0.5, 0.6) is 0 Å². The molecule has 18 heavy (non-hydrogen) atoms. The lowest BCUT2D eigenvalue weighted by molar-refractivity contribution is -0.00860. The van der Waals surface area contributed by atoms with Gasteiger partial charge in [0.25, 0.3) is 0 Å². The van der Waals surface area contributed by atoms with Crippen molar-refractivity contribution in [3.8, 4) is 0 Å². The average Bonchev–Trinajstić information content (AvgIpc) is 2.41. The third kappa shape index (κ3) is 2.89. The van der Waals surface area contributed by atoms with Crippen molar-refractivity contribution in [2.75, 3.05) is 26.3 Å². The summed E-state index contributed by atoms with van der Waals surface area (Å²) in [6.07, 6.45) is 8.63. The fourth-order valence-corrected chi connectivity index (χ4v) is 4.03. The van der Waals surface area contributed by atoms with Gasteiger partial charge in [-0.15, -0.1) is 0 Å². The molecule has 104 valence electrons. The van der Waals surface area contributed by atoms with Gasteiger partial charge in [0.1, 0.15) is 0 Å². The highest BCUT2D eigenvalue weighted by Crippen LogP contribution is 2.32. The van der Waals surface area contributed by atoms with E-state index in [4.69, 9.17) is 4.74 Å². The Balaban J connectivity index is 1.51. The van der Waals surface area contributed by atoms with Gasteiger partial charge in [-0.2, -0.15) is 0 Å². The zero-order valence-electron chi connectivity index (χ0n) is 11.7. The van der Waals surface area contributed by atoms with Gasteiger partial charge in [-0.25, -0.2) is 0 Å². The molecule has 4 atom stereocenters. The Morgan fingerprint density at radius 3 is 2.94 bits per heavy atom. The molecule has 0 aromatic carbocycles. The van der Waals surface area contributed by atoms with E-state index in [2.05, 4.69) is 17.1 Å². The predicted molar refractivity (Wildman–Crippen MR) is 73.8 cm³/mol. The van der Waals surface area contributed by atoms with Crippen molar-refractivity contribution in [1.29, 1.82) is 0 Å². The smallest absolute Gasteiger partial charge is 0.0619 e. The molecule has 3 rings (SSSR count). The van der Waals surface area contributed by atoms with Crippen LogP contribution in [0, 0.1) is 5.92 Å².